The van der Waals surface area contributed by atoms with E-state index in [-0.39, 0.29) is 37.3 Å². The van der Waals surface area contributed by atoms with Crippen LogP contribution in [0.2, 0.25) is 5.02 Å². The summed E-state index contributed by atoms with van der Waals surface area (Å²) in [4.78, 5) is 50.7. The number of fused-ring (bicyclic) bond motifs is 1. The highest BCUT2D eigenvalue weighted by Crippen LogP contribution is 2.21. The highest BCUT2D eigenvalue weighted by molar-refractivity contribution is 6.31. The van der Waals surface area contributed by atoms with Gasteiger partial charge in [0.1, 0.15) is 5.82 Å². The van der Waals surface area contributed by atoms with E-state index in [1.54, 1.807) is 30.1 Å². The predicted octanol–water partition coefficient (Wildman–Crippen LogP) is 2.62. The molecule has 0 spiro atoms. The largest absolute Gasteiger partial charge is 0.343 e. The smallest absolute Gasteiger partial charge is 0.239 e. The van der Waals surface area contributed by atoms with E-state index in [9.17, 15) is 18.8 Å². The zero-order valence-electron chi connectivity index (χ0n) is 21.7. The fraction of sp³-hybridized carbons (Fsp3) is 0.333. The molecule has 1 aliphatic heterocycles. The first kappa shape index (κ1) is 28.4. The average molecular weight is 557 g/mol. The molecule has 1 fully saturated rings. The van der Waals surface area contributed by atoms with Crippen molar-refractivity contribution in [3.63, 3.8) is 0 Å². The van der Waals surface area contributed by atoms with Crippen LogP contribution in [0.1, 0.15) is 12.5 Å². The number of rotatable bonds is 11. The number of hydrazine groups is 1. The third-order valence-corrected chi connectivity index (χ3v) is 6.87. The van der Waals surface area contributed by atoms with Crippen molar-refractivity contribution in [3.8, 4) is 0 Å². The summed E-state index contributed by atoms with van der Waals surface area (Å²) in [6, 6.07) is 12.5. The van der Waals surface area contributed by atoms with Crippen LogP contribution in [0.4, 0.5) is 10.2 Å². The summed E-state index contributed by atoms with van der Waals surface area (Å²) in [5.41, 5.74) is 3.92. The van der Waals surface area contributed by atoms with Crippen molar-refractivity contribution in [2.75, 3.05) is 44.9 Å². The number of hydrogen-bond acceptors (Lipinski definition) is 7. The van der Waals surface area contributed by atoms with E-state index in [2.05, 4.69) is 10.4 Å². The number of piperazine rings is 1. The van der Waals surface area contributed by atoms with Crippen LogP contribution < -0.4 is 10.5 Å². The van der Waals surface area contributed by atoms with Gasteiger partial charge in [-0.25, -0.2) is 14.8 Å². The highest BCUT2D eigenvalue weighted by Gasteiger charge is 2.29. The van der Waals surface area contributed by atoms with Gasteiger partial charge in [-0.05, 0) is 41.3 Å². The van der Waals surface area contributed by atoms with Crippen molar-refractivity contribution >= 4 is 46.4 Å². The Labute approximate surface area is 230 Å². The van der Waals surface area contributed by atoms with Gasteiger partial charge in [0.15, 0.2) is 5.82 Å². The molecule has 1 atom stereocenters. The van der Waals surface area contributed by atoms with Crippen molar-refractivity contribution in [2.45, 2.75) is 19.5 Å². The number of carbonyl (C=O) groups is 3. The van der Waals surface area contributed by atoms with Crippen LogP contribution in [0.25, 0.3) is 10.8 Å². The molecule has 0 saturated carbocycles. The Kier molecular flexibility index (Phi) is 9.41. The molecule has 12 heteroatoms. The number of amides is 3. The Bertz CT molecular complexity index is 1340. The monoisotopic (exact) mass is 556 g/mol. The SMILES string of the molecule is CC(=O)N(NCc1ccccc1Cl)[C@H](CON(C=O)c1cc2cc(F)ccc2cn1)CN1CCN(C)C(=O)C1. The molecule has 10 nitrogen and oxygen atoms in total. The maximum absolute atomic E-state index is 13.7. The van der Waals surface area contributed by atoms with Gasteiger partial charge >= 0.3 is 0 Å². The summed E-state index contributed by atoms with van der Waals surface area (Å²) in [7, 11) is 1.75. The van der Waals surface area contributed by atoms with E-state index >= 15 is 0 Å². The van der Waals surface area contributed by atoms with Gasteiger partial charge in [0.05, 0.1) is 19.2 Å². The van der Waals surface area contributed by atoms with Gasteiger partial charge in [0.2, 0.25) is 18.2 Å². The summed E-state index contributed by atoms with van der Waals surface area (Å²) >= 11 is 6.30. The number of benzene rings is 2. The van der Waals surface area contributed by atoms with Crippen molar-refractivity contribution in [2.24, 2.45) is 0 Å². The minimum Gasteiger partial charge on any atom is -0.343 e. The molecule has 1 aliphatic rings. The first-order chi connectivity index (χ1) is 18.7. The van der Waals surface area contributed by atoms with E-state index in [1.807, 2.05) is 23.1 Å². The zero-order chi connectivity index (χ0) is 27.9. The number of likely N-dealkylation sites (N-methyl/N-ethyl adjacent to an activating group) is 1. The second-order valence-electron chi connectivity index (χ2n) is 9.28. The molecule has 0 radical (unpaired) electrons. The molecular weight excluding hydrogens is 527 g/mol. The van der Waals surface area contributed by atoms with Crippen molar-refractivity contribution in [1.29, 1.82) is 0 Å². The number of halogens is 2. The van der Waals surface area contributed by atoms with Crippen molar-refractivity contribution < 1.29 is 23.6 Å². The topological polar surface area (TPSA) is 98.3 Å². The molecule has 206 valence electrons. The van der Waals surface area contributed by atoms with Crippen LogP contribution in [0.5, 0.6) is 0 Å². The molecule has 2 heterocycles. The fourth-order valence-corrected chi connectivity index (χ4v) is 4.52. The number of anilines is 1. The number of hydrogen-bond donors (Lipinski definition) is 1. The lowest BCUT2D eigenvalue weighted by Crippen LogP contribution is -2.58. The van der Waals surface area contributed by atoms with Gasteiger partial charge in [-0.3, -0.25) is 29.1 Å². The molecule has 0 aliphatic carbocycles. The lowest BCUT2D eigenvalue weighted by molar-refractivity contribution is -0.139. The highest BCUT2D eigenvalue weighted by atomic mass is 35.5. The quantitative estimate of drug-likeness (QED) is 0.286. The van der Waals surface area contributed by atoms with E-state index < -0.39 is 11.9 Å². The van der Waals surface area contributed by atoms with Gasteiger partial charge < -0.3 is 4.90 Å². The number of nitrogens with one attached hydrogen (secondary N) is 1. The molecule has 3 amide bonds. The molecule has 0 bridgehead atoms. The number of aromatic nitrogens is 1. The van der Waals surface area contributed by atoms with Crippen molar-refractivity contribution in [1.82, 2.24) is 25.2 Å². The first-order valence-corrected chi connectivity index (χ1v) is 12.8. The van der Waals surface area contributed by atoms with Crippen LogP contribution in [0, 0.1) is 5.82 Å². The lowest BCUT2D eigenvalue weighted by Gasteiger charge is -2.38. The van der Waals surface area contributed by atoms with Gasteiger partial charge in [-0.2, -0.15) is 5.06 Å². The standard InChI is InChI=1S/C27H30ClFN6O4/c1-19(37)35(31-14-21-5-3-4-6-25(21)28)24(15-33-10-9-32(2)27(38)16-33)17-39-34(18-36)26-12-22-11-23(29)8-7-20(22)13-30-26/h3-8,11-13,18,24,31H,9-10,14-17H2,1-2H3/t24-/m0/s1. The zero-order valence-corrected chi connectivity index (χ0v) is 22.5. The molecule has 39 heavy (non-hydrogen) atoms. The molecule has 0 unspecified atom stereocenters. The minimum absolute atomic E-state index is 0.0265. The Morgan fingerprint density at radius 3 is 2.74 bits per heavy atom. The molecule has 4 rings (SSSR count). The number of nitrogens with zero attached hydrogens (tertiary/aromatic N) is 5. The minimum atomic E-state index is -0.596. The third-order valence-electron chi connectivity index (χ3n) is 6.50. The Morgan fingerprint density at radius 2 is 2.03 bits per heavy atom. The first-order valence-electron chi connectivity index (χ1n) is 12.4. The third kappa shape index (κ3) is 7.27. The normalized spacial score (nSPS) is 14.9. The van der Waals surface area contributed by atoms with E-state index in [0.717, 1.165) is 10.6 Å². The fourth-order valence-electron chi connectivity index (χ4n) is 4.32. The maximum Gasteiger partial charge on any atom is 0.239 e. The van der Waals surface area contributed by atoms with Crippen LogP contribution in [0.3, 0.4) is 0 Å². The van der Waals surface area contributed by atoms with Gasteiger partial charge in [-0.15, -0.1) is 0 Å². The van der Waals surface area contributed by atoms with Crippen LogP contribution in [0.15, 0.2) is 54.7 Å². The molecule has 1 N–H and O–H groups in total. The number of carbonyl (C=O) groups excluding carboxylic acids is 3. The summed E-state index contributed by atoms with van der Waals surface area (Å²) in [6.07, 6.45) is 1.98. The molecule has 2 aromatic carbocycles. The van der Waals surface area contributed by atoms with Gasteiger partial charge in [0.25, 0.3) is 0 Å². The average Bonchev–Trinajstić information content (AvgIpc) is 2.91. The van der Waals surface area contributed by atoms with E-state index in [1.165, 1.54) is 30.3 Å². The Hall–Kier alpha value is -3.64. The summed E-state index contributed by atoms with van der Waals surface area (Å²) in [6.45, 7) is 3.25. The van der Waals surface area contributed by atoms with Crippen LogP contribution >= 0.6 is 11.6 Å². The predicted molar refractivity (Wildman–Crippen MR) is 145 cm³/mol. The Morgan fingerprint density at radius 1 is 1.23 bits per heavy atom. The summed E-state index contributed by atoms with van der Waals surface area (Å²) in [5.74, 6) is -0.564. The molecule has 1 aromatic heterocycles. The van der Waals surface area contributed by atoms with E-state index in [0.29, 0.717) is 41.8 Å². The second kappa shape index (κ2) is 12.9. The number of pyridine rings is 1. The van der Waals surface area contributed by atoms with Gasteiger partial charge in [0, 0.05) is 56.8 Å². The molecule has 3 aromatic rings. The van der Waals surface area contributed by atoms with E-state index in [4.69, 9.17) is 16.4 Å². The maximum atomic E-state index is 13.7. The van der Waals surface area contributed by atoms with Crippen LogP contribution in [-0.4, -0.2) is 83.9 Å². The van der Waals surface area contributed by atoms with Gasteiger partial charge in [-0.1, -0.05) is 29.8 Å². The molecule has 1 saturated heterocycles. The van der Waals surface area contributed by atoms with Crippen LogP contribution in [-0.2, 0) is 25.8 Å². The summed E-state index contributed by atoms with van der Waals surface area (Å²) < 4.78 is 13.7. The second-order valence-corrected chi connectivity index (χ2v) is 9.69. The summed E-state index contributed by atoms with van der Waals surface area (Å²) in [5, 5.41) is 4.18. The number of hydroxylamine groups is 1. The lowest BCUT2D eigenvalue weighted by atomic mass is 10.2. The molecular formula is C27H30ClFN6O4. The van der Waals surface area contributed by atoms with Crippen molar-refractivity contribution in [3.05, 3.63) is 71.1 Å². The Balaban J connectivity index is 1.54.